The third-order valence-electron chi connectivity index (χ3n) is 6.23. The first-order valence-corrected chi connectivity index (χ1v) is 12.9. The Bertz CT molecular complexity index is 1640. The molecule has 0 aliphatic heterocycles. The van der Waals surface area contributed by atoms with E-state index in [1.807, 2.05) is 30.3 Å². The fourth-order valence-corrected chi connectivity index (χ4v) is 4.10. The van der Waals surface area contributed by atoms with Gasteiger partial charge in [-0.3, -0.25) is 19.2 Å². The van der Waals surface area contributed by atoms with E-state index in [0.29, 0.717) is 0 Å². The van der Waals surface area contributed by atoms with E-state index in [2.05, 4.69) is 10.1 Å². The number of carboxylic acids is 1. The first-order valence-electron chi connectivity index (χ1n) is 12.9. The summed E-state index contributed by atoms with van der Waals surface area (Å²) in [4.78, 5) is 49.8. The maximum absolute atomic E-state index is 13.6. The quantitative estimate of drug-likeness (QED) is 0.151. The Balaban J connectivity index is 1.63. The molecule has 0 aliphatic carbocycles. The number of nitrogens with one attached hydrogen (secondary N) is 1. The fourth-order valence-electron chi connectivity index (χ4n) is 4.10. The number of amides is 1. The van der Waals surface area contributed by atoms with Crippen molar-refractivity contribution >= 4 is 29.0 Å². The van der Waals surface area contributed by atoms with E-state index in [-0.39, 0.29) is 40.8 Å². The summed E-state index contributed by atoms with van der Waals surface area (Å²) in [7, 11) is 0. The van der Waals surface area contributed by atoms with Gasteiger partial charge < -0.3 is 15.2 Å². The summed E-state index contributed by atoms with van der Waals surface area (Å²) in [5, 5.41) is 11.2. The van der Waals surface area contributed by atoms with Crippen LogP contribution in [-0.2, 0) is 4.79 Å². The van der Waals surface area contributed by atoms with Crippen LogP contribution in [-0.4, -0.2) is 41.5 Å². The molecule has 0 bridgehead atoms. The third-order valence-corrected chi connectivity index (χ3v) is 6.23. The van der Waals surface area contributed by atoms with E-state index >= 15 is 0 Å². The molecule has 0 spiro atoms. The summed E-state index contributed by atoms with van der Waals surface area (Å²) in [5.74, 6) is -3.22. The number of aliphatic carboxylic acids is 1. The highest BCUT2D eigenvalue weighted by Crippen LogP contribution is 2.27. The van der Waals surface area contributed by atoms with Gasteiger partial charge in [-0.05, 0) is 47.0 Å². The van der Waals surface area contributed by atoms with E-state index in [9.17, 15) is 32.3 Å². The van der Waals surface area contributed by atoms with Crippen LogP contribution >= 0.6 is 0 Å². The van der Waals surface area contributed by atoms with E-state index in [0.717, 1.165) is 29.3 Å². The molecule has 7 nitrogen and oxygen atoms in total. The van der Waals surface area contributed by atoms with Crippen LogP contribution in [0.1, 0.15) is 43.1 Å². The van der Waals surface area contributed by atoms with Crippen LogP contribution in [0.3, 0.4) is 0 Å². The molecule has 4 aromatic rings. The number of ketones is 2. The lowest BCUT2D eigenvalue weighted by Gasteiger charge is -2.11. The van der Waals surface area contributed by atoms with Gasteiger partial charge in [0.2, 0.25) is 0 Å². The standard InChI is InChI=1S/C33H24F3NO6/c34-33(35,36)43-27-16-14-23(15-17-27)28(20-29(38)24-8-6-22(7-9-24)21-4-2-1-3-5-21)31(41)25-10-12-26(13-11-25)32(42)37-19-18-30(39)40/h1-17,20H,18-19H2,(H,37,42)(H,39,40). The van der Waals surface area contributed by atoms with Crippen LogP contribution in [0.4, 0.5) is 13.2 Å². The largest absolute Gasteiger partial charge is 0.573 e. The lowest BCUT2D eigenvalue weighted by molar-refractivity contribution is -0.274. The molecular weight excluding hydrogens is 563 g/mol. The second-order valence-corrected chi connectivity index (χ2v) is 9.24. The number of rotatable bonds is 11. The Kier molecular flexibility index (Phi) is 9.51. The van der Waals surface area contributed by atoms with Gasteiger partial charge >= 0.3 is 12.3 Å². The normalized spacial score (nSPS) is 11.5. The van der Waals surface area contributed by atoms with Gasteiger partial charge in [-0.15, -0.1) is 13.2 Å². The number of ether oxygens (including phenoxy) is 1. The Morgan fingerprint density at radius 2 is 1.23 bits per heavy atom. The van der Waals surface area contributed by atoms with Crippen molar-refractivity contribution in [2.24, 2.45) is 0 Å². The molecule has 2 N–H and O–H groups in total. The molecule has 0 heterocycles. The van der Waals surface area contributed by atoms with Crippen LogP contribution in [0.2, 0.25) is 0 Å². The predicted octanol–water partition coefficient (Wildman–Crippen LogP) is 6.61. The van der Waals surface area contributed by atoms with E-state index in [4.69, 9.17) is 5.11 Å². The maximum atomic E-state index is 13.6. The Labute approximate surface area is 244 Å². The van der Waals surface area contributed by atoms with Gasteiger partial charge in [0.1, 0.15) is 5.75 Å². The molecule has 0 saturated heterocycles. The van der Waals surface area contributed by atoms with Gasteiger partial charge in [-0.2, -0.15) is 0 Å². The summed E-state index contributed by atoms with van der Waals surface area (Å²) in [5.41, 5.74) is 2.48. The van der Waals surface area contributed by atoms with Crippen LogP contribution < -0.4 is 10.1 Å². The zero-order chi connectivity index (χ0) is 31.0. The van der Waals surface area contributed by atoms with Gasteiger partial charge in [0.25, 0.3) is 5.91 Å². The summed E-state index contributed by atoms with van der Waals surface area (Å²) in [6, 6.07) is 26.3. The first-order chi connectivity index (χ1) is 20.5. The van der Waals surface area contributed by atoms with Crippen LogP contribution in [0, 0.1) is 0 Å². The van der Waals surface area contributed by atoms with Crippen molar-refractivity contribution in [2.45, 2.75) is 12.8 Å². The van der Waals surface area contributed by atoms with Gasteiger partial charge in [0.05, 0.1) is 6.42 Å². The molecule has 0 radical (unpaired) electrons. The lowest BCUT2D eigenvalue weighted by Crippen LogP contribution is -2.26. The fraction of sp³-hybridized carbons (Fsp3) is 0.0909. The molecule has 0 unspecified atom stereocenters. The summed E-state index contributed by atoms with van der Waals surface area (Å²) in [6.45, 7) is -0.0791. The highest BCUT2D eigenvalue weighted by atomic mass is 19.4. The molecule has 0 fully saturated rings. The third kappa shape index (κ3) is 8.49. The van der Waals surface area contributed by atoms with Crippen molar-refractivity contribution in [1.29, 1.82) is 0 Å². The topological polar surface area (TPSA) is 110 Å². The highest BCUT2D eigenvalue weighted by molar-refractivity contribution is 6.32. The van der Waals surface area contributed by atoms with Crippen LogP contribution in [0.25, 0.3) is 16.7 Å². The monoisotopic (exact) mass is 587 g/mol. The van der Waals surface area contributed by atoms with Gasteiger partial charge in [0.15, 0.2) is 11.6 Å². The van der Waals surface area contributed by atoms with Crippen molar-refractivity contribution in [2.75, 3.05) is 6.54 Å². The summed E-state index contributed by atoms with van der Waals surface area (Å²) in [6.07, 6.45) is -4.04. The van der Waals surface area contributed by atoms with Gasteiger partial charge in [0, 0.05) is 28.8 Å². The maximum Gasteiger partial charge on any atom is 0.573 e. The molecule has 0 atom stereocenters. The number of halogens is 3. The lowest BCUT2D eigenvalue weighted by atomic mass is 9.93. The molecule has 4 aromatic carbocycles. The zero-order valence-electron chi connectivity index (χ0n) is 22.4. The number of Topliss-reactive ketones (excluding diaryl/α,β-unsaturated/α-hetero) is 1. The zero-order valence-corrected chi connectivity index (χ0v) is 22.4. The van der Waals surface area contributed by atoms with Crippen LogP contribution in [0.15, 0.2) is 109 Å². The summed E-state index contributed by atoms with van der Waals surface area (Å²) < 4.78 is 41.9. The van der Waals surface area contributed by atoms with Gasteiger partial charge in [-0.1, -0.05) is 78.9 Å². The SMILES string of the molecule is O=C(O)CCNC(=O)c1ccc(C(=O)C(=CC(=O)c2ccc(-c3ccccc3)cc2)c2ccc(OC(F)(F)F)cc2)cc1. The van der Waals surface area contributed by atoms with E-state index in [1.165, 1.54) is 36.4 Å². The van der Waals surface area contributed by atoms with Crippen molar-refractivity contribution in [3.8, 4) is 16.9 Å². The number of allylic oxidation sites excluding steroid dienone is 2. The summed E-state index contributed by atoms with van der Waals surface area (Å²) >= 11 is 0. The molecule has 10 heteroatoms. The van der Waals surface area contributed by atoms with E-state index in [1.54, 1.807) is 24.3 Å². The second kappa shape index (κ2) is 13.4. The number of hydrogen-bond acceptors (Lipinski definition) is 5. The molecule has 0 aromatic heterocycles. The molecule has 0 saturated carbocycles. The molecule has 218 valence electrons. The number of carbonyl (C=O) groups is 4. The Morgan fingerprint density at radius 3 is 1.81 bits per heavy atom. The van der Waals surface area contributed by atoms with Crippen molar-refractivity contribution in [1.82, 2.24) is 5.32 Å². The number of carbonyl (C=O) groups excluding carboxylic acids is 3. The molecular formula is C33H24F3NO6. The van der Waals surface area contributed by atoms with Crippen molar-refractivity contribution in [3.63, 3.8) is 0 Å². The number of hydrogen-bond donors (Lipinski definition) is 2. The number of alkyl halides is 3. The molecule has 1 amide bonds. The Morgan fingerprint density at radius 1 is 0.698 bits per heavy atom. The second-order valence-electron chi connectivity index (χ2n) is 9.24. The minimum absolute atomic E-state index is 0.0791. The van der Waals surface area contributed by atoms with Gasteiger partial charge in [-0.25, -0.2) is 0 Å². The average molecular weight is 588 g/mol. The van der Waals surface area contributed by atoms with Crippen LogP contribution in [0.5, 0.6) is 5.75 Å². The predicted molar refractivity (Wildman–Crippen MR) is 153 cm³/mol. The van der Waals surface area contributed by atoms with Crippen molar-refractivity contribution in [3.05, 3.63) is 131 Å². The molecule has 0 aliphatic rings. The molecule has 4 rings (SSSR count). The highest BCUT2D eigenvalue weighted by Gasteiger charge is 2.31. The average Bonchev–Trinajstić information content (AvgIpc) is 2.99. The molecule has 43 heavy (non-hydrogen) atoms. The minimum Gasteiger partial charge on any atom is -0.481 e. The number of benzene rings is 4. The van der Waals surface area contributed by atoms with E-state index < -0.39 is 35.6 Å². The van der Waals surface area contributed by atoms with Crippen molar-refractivity contribution < 1.29 is 42.2 Å². The smallest absolute Gasteiger partial charge is 0.481 e. The number of carboxylic acid groups (broad SMARTS) is 1. The minimum atomic E-state index is -4.90. The Hall–Kier alpha value is -5.51. The first kappa shape index (κ1) is 30.4.